The van der Waals surface area contributed by atoms with E-state index >= 15 is 0 Å². The molecule has 27 heavy (non-hydrogen) atoms. The van der Waals surface area contributed by atoms with Crippen LogP contribution in [0.1, 0.15) is 17.3 Å². The maximum Gasteiger partial charge on any atom is 0.338 e. The van der Waals surface area contributed by atoms with Gasteiger partial charge in [0, 0.05) is 5.69 Å². The van der Waals surface area contributed by atoms with Crippen LogP contribution in [-0.2, 0) is 19.6 Å². The molecule has 3 rings (SSSR count). The van der Waals surface area contributed by atoms with Crippen molar-refractivity contribution in [1.82, 2.24) is 4.98 Å². The number of benzene rings is 2. The van der Waals surface area contributed by atoms with Crippen molar-refractivity contribution in [2.45, 2.75) is 17.9 Å². The van der Waals surface area contributed by atoms with Crippen LogP contribution in [0, 0.1) is 0 Å². The van der Waals surface area contributed by atoms with Gasteiger partial charge in [0.15, 0.2) is 6.10 Å². The number of anilines is 1. The molecule has 10 heteroatoms. The van der Waals surface area contributed by atoms with Gasteiger partial charge in [0.05, 0.1) is 26.2 Å². The van der Waals surface area contributed by atoms with Crippen LogP contribution < -0.4 is 10.5 Å². The maximum absolute atomic E-state index is 12.2. The Kier molecular flexibility index (Phi) is 5.22. The van der Waals surface area contributed by atoms with Crippen LogP contribution in [0.5, 0.6) is 0 Å². The number of rotatable bonds is 5. The number of hydrogen-bond acceptors (Lipinski definition) is 7. The summed E-state index contributed by atoms with van der Waals surface area (Å²) < 4.78 is 28.5. The number of ether oxygens (including phenoxy) is 1. The number of primary sulfonamides is 1. The molecule has 0 aliphatic rings. The molecule has 1 amide bonds. The smallest absolute Gasteiger partial charge is 0.338 e. The number of thiazole rings is 1. The largest absolute Gasteiger partial charge is 0.449 e. The number of nitrogens with two attached hydrogens (primary N) is 1. The molecule has 0 aliphatic heterocycles. The fraction of sp³-hybridized carbons (Fsp3) is 0.118. The van der Waals surface area contributed by atoms with Crippen molar-refractivity contribution in [3.8, 4) is 0 Å². The lowest BCUT2D eigenvalue weighted by atomic mass is 10.2. The first kappa shape index (κ1) is 19.0. The first-order valence-corrected chi connectivity index (χ1v) is 10.1. The minimum absolute atomic E-state index is 0.0709. The summed E-state index contributed by atoms with van der Waals surface area (Å²) in [4.78, 5) is 28.5. The molecule has 1 aromatic heterocycles. The second-order valence-electron chi connectivity index (χ2n) is 5.64. The SMILES string of the molecule is C[C@H](OC(=O)c1ccc2ncsc2c1)C(=O)Nc1ccc(S(N)(=O)=O)cc1. The van der Waals surface area contributed by atoms with E-state index in [4.69, 9.17) is 9.88 Å². The first-order chi connectivity index (χ1) is 12.7. The van der Waals surface area contributed by atoms with E-state index in [1.165, 1.54) is 42.5 Å². The molecule has 1 atom stereocenters. The summed E-state index contributed by atoms with van der Waals surface area (Å²) in [5, 5.41) is 7.56. The number of carbonyl (C=O) groups excluding carboxylic acids is 2. The van der Waals surface area contributed by atoms with Crippen molar-refractivity contribution < 1.29 is 22.7 Å². The van der Waals surface area contributed by atoms with Crippen LogP contribution in [0.4, 0.5) is 5.69 Å². The van der Waals surface area contributed by atoms with Gasteiger partial charge in [0.2, 0.25) is 10.0 Å². The number of nitrogens with zero attached hydrogens (tertiary/aromatic N) is 1. The Morgan fingerprint density at radius 2 is 1.89 bits per heavy atom. The van der Waals surface area contributed by atoms with E-state index in [1.807, 2.05) is 0 Å². The molecule has 0 bridgehead atoms. The van der Waals surface area contributed by atoms with Gasteiger partial charge in [-0.1, -0.05) is 0 Å². The van der Waals surface area contributed by atoms with Gasteiger partial charge in [-0.25, -0.2) is 23.3 Å². The van der Waals surface area contributed by atoms with Gasteiger partial charge in [0.1, 0.15) is 0 Å². The van der Waals surface area contributed by atoms with E-state index in [2.05, 4.69) is 10.3 Å². The maximum atomic E-state index is 12.2. The van der Waals surface area contributed by atoms with Gasteiger partial charge in [-0.2, -0.15) is 0 Å². The highest BCUT2D eigenvalue weighted by Gasteiger charge is 2.20. The van der Waals surface area contributed by atoms with Crippen LogP contribution >= 0.6 is 11.3 Å². The zero-order valence-electron chi connectivity index (χ0n) is 14.1. The van der Waals surface area contributed by atoms with Crippen molar-refractivity contribution >= 4 is 49.1 Å². The van der Waals surface area contributed by atoms with Crippen molar-refractivity contribution in [1.29, 1.82) is 0 Å². The van der Waals surface area contributed by atoms with Gasteiger partial charge in [-0.15, -0.1) is 11.3 Å². The minimum atomic E-state index is -3.81. The Morgan fingerprint density at radius 1 is 1.19 bits per heavy atom. The fourth-order valence-electron chi connectivity index (χ4n) is 2.24. The normalized spacial score (nSPS) is 12.5. The van der Waals surface area contributed by atoms with E-state index in [9.17, 15) is 18.0 Å². The number of aromatic nitrogens is 1. The molecule has 3 N–H and O–H groups in total. The number of carbonyl (C=O) groups is 2. The zero-order chi connectivity index (χ0) is 19.6. The quantitative estimate of drug-likeness (QED) is 0.626. The third-order valence-corrected chi connectivity index (χ3v) is 5.39. The molecule has 0 fully saturated rings. The molecule has 1 heterocycles. The average Bonchev–Trinajstić information content (AvgIpc) is 3.09. The molecular weight excluding hydrogens is 390 g/mol. The van der Waals surface area contributed by atoms with Gasteiger partial charge in [0.25, 0.3) is 5.91 Å². The molecule has 8 nitrogen and oxygen atoms in total. The van der Waals surface area contributed by atoms with Crippen molar-refractivity contribution in [2.75, 3.05) is 5.32 Å². The predicted molar refractivity (Wildman–Crippen MR) is 101 cm³/mol. The number of esters is 1. The molecule has 0 saturated carbocycles. The third-order valence-electron chi connectivity index (χ3n) is 3.67. The minimum Gasteiger partial charge on any atom is -0.449 e. The standard InChI is InChI=1S/C17H15N3O5S2/c1-10(16(21)20-12-3-5-13(6-4-12)27(18,23)24)25-17(22)11-2-7-14-15(8-11)26-9-19-14/h2-10H,1H3,(H,20,21)(H2,18,23,24)/t10-/m0/s1. The zero-order valence-corrected chi connectivity index (χ0v) is 15.7. The molecule has 0 spiro atoms. The second-order valence-corrected chi connectivity index (χ2v) is 8.09. The summed E-state index contributed by atoms with van der Waals surface area (Å²) in [7, 11) is -3.81. The molecular formula is C17H15N3O5S2. The van der Waals surface area contributed by atoms with Crippen molar-refractivity contribution in [3.05, 3.63) is 53.5 Å². The summed E-state index contributed by atoms with van der Waals surface area (Å²) in [6.45, 7) is 1.44. The summed E-state index contributed by atoms with van der Waals surface area (Å²) in [5.74, 6) is -1.18. The number of sulfonamides is 1. The van der Waals surface area contributed by atoms with Crippen molar-refractivity contribution in [3.63, 3.8) is 0 Å². The molecule has 0 radical (unpaired) electrons. The van der Waals surface area contributed by atoms with E-state index in [-0.39, 0.29) is 4.90 Å². The Bertz CT molecular complexity index is 1110. The molecule has 2 aromatic carbocycles. The van der Waals surface area contributed by atoms with E-state index < -0.39 is 28.0 Å². The van der Waals surface area contributed by atoms with Crippen LogP contribution in [-0.4, -0.2) is 31.4 Å². The highest BCUT2D eigenvalue weighted by Crippen LogP contribution is 2.20. The monoisotopic (exact) mass is 405 g/mol. The number of hydrogen-bond donors (Lipinski definition) is 2. The Hall–Kier alpha value is -2.82. The van der Waals surface area contributed by atoms with Crippen LogP contribution in [0.3, 0.4) is 0 Å². The first-order valence-electron chi connectivity index (χ1n) is 7.72. The molecule has 0 unspecified atom stereocenters. The van der Waals surface area contributed by atoms with Gasteiger partial charge < -0.3 is 10.1 Å². The fourth-order valence-corrected chi connectivity index (χ4v) is 3.47. The summed E-state index contributed by atoms with van der Waals surface area (Å²) >= 11 is 1.40. The van der Waals surface area contributed by atoms with Gasteiger partial charge in [-0.05, 0) is 49.4 Å². The van der Waals surface area contributed by atoms with Crippen LogP contribution in [0.15, 0.2) is 52.9 Å². The average molecular weight is 405 g/mol. The lowest BCUT2D eigenvalue weighted by Crippen LogP contribution is -2.30. The second kappa shape index (κ2) is 7.43. The number of fused-ring (bicyclic) bond motifs is 1. The summed E-state index contributed by atoms with van der Waals surface area (Å²) in [5.41, 5.74) is 3.13. The number of amides is 1. The Morgan fingerprint density at radius 3 is 2.56 bits per heavy atom. The van der Waals surface area contributed by atoms with E-state index in [0.29, 0.717) is 11.3 Å². The predicted octanol–water partition coefficient (Wildman–Crippen LogP) is 2.13. The Balaban J connectivity index is 1.63. The topological polar surface area (TPSA) is 128 Å². The summed E-state index contributed by atoms with van der Waals surface area (Å²) in [6.07, 6.45) is -1.05. The summed E-state index contributed by atoms with van der Waals surface area (Å²) in [6, 6.07) is 10.3. The molecule has 0 saturated heterocycles. The van der Waals surface area contributed by atoms with Gasteiger partial charge in [-0.3, -0.25) is 4.79 Å². The molecule has 3 aromatic rings. The third kappa shape index (κ3) is 4.48. The lowest BCUT2D eigenvalue weighted by Gasteiger charge is -2.13. The van der Waals surface area contributed by atoms with Crippen molar-refractivity contribution in [2.24, 2.45) is 5.14 Å². The Labute approximate surface area is 159 Å². The van der Waals surface area contributed by atoms with E-state index in [0.717, 1.165) is 10.2 Å². The van der Waals surface area contributed by atoms with Crippen LogP contribution in [0.2, 0.25) is 0 Å². The number of nitrogens with one attached hydrogen (secondary N) is 1. The molecule has 140 valence electrons. The highest BCUT2D eigenvalue weighted by molar-refractivity contribution is 7.89. The highest BCUT2D eigenvalue weighted by atomic mass is 32.2. The molecule has 0 aliphatic carbocycles. The van der Waals surface area contributed by atoms with E-state index in [1.54, 1.807) is 23.7 Å². The van der Waals surface area contributed by atoms with Crippen LogP contribution in [0.25, 0.3) is 10.2 Å². The lowest BCUT2D eigenvalue weighted by molar-refractivity contribution is -0.123. The van der Waals surface area contributed by atoms with Gasteiger partial charge >= 0.3 is 5.97 Å².